The summed E-state index contributed by atoms with van der Waals surface area (Å²) in [5.74, 6) is -1.76. The van der Waals surface area contributed by atoms with Gasteiger partial charge in [0.1, 0.15) is 12.0 Å². The van der Waals surface area contributed by atoms with Crippen molar-refractivity contribution in [2.45, 2.75) is 38.0 Å². The monoisotopic (exact) mass is 404 g/mol. The van der Waals surface area contributed by atoms with E-state index >= 15 is 0 Å². The Labute approximate surface area is 167 Å². The van der Waals surface area contributed by atoms with Crippen molar-refractivity contribution in [3.63, 3.8) is 0 Å². The highest BCUT2D eigenvalue weighted by Gasteiger charge is 2.45. The molecule has 0 radical (unpaired) electrons. The Bertz CT molecular complexity index is 827. The fourth-order valence-corrected chi connectivity index (χ4v) is 3.43. The van der Waals surface area contributed by atoms with Crippen molar-refractivity contribution in [1.82, 2.24) is 15.5 Å². The number of piperidine rings is 1. The van der Waals surface area contributed by atoms with E-state index in [0.717, 1.165) is 17.7 Å². The lowest BCUT2D eigenvalue weighted by molar-refractivity contribution is -0.129. The highest BCUT2D eigenvalue weighted by molar-refractivity contribution is 6.23. The Morgan fingerprint density at radius 1 is 1.28 bits per heavy atom. The number of nitrogens with two attached hydrogens (primary N) is 1. The van der Waals surface area contributed by atoms with E-state index in [1.807, 2.05) is 0 Å². The first-order valence-corrected chi connectivity index (χ1v) is 9.52. The second kappa shape index (κ2) is 9.01. The number of rotatable bonds is 8. The van der Waals surface area contributed by atoms with E-state index in [4.69, 9.17) is 10.5 Å². The van der Waals surface area contributed by atoms with Gasteiger partial charge in [-0.1, -0.05) is 6.07 Å². The van der Waals surface area contributed by atoms with Crippen LogP contribution in [0.4, 0.5) is 0 Å². The molecule has 0 spiro atoms. The first kappa shape index (κ1) is 20.7. The zero-order valence-corrected chi connectivity index (χ0v) is 15.8. The van der Waals surface area contributed by atoms with Crippen molar-refractivity contribution in [3.8, 4) is 5.75 Å². The first-order valence-electron chi connectivity index (χ1n) is 9.52. The largest absolute Gasteiger partial charge is 0.483 e. The number of imide groups is 1. The molecule has 0 bridgehead atoms. The molecule has 1 saturated heterocycles. The van der Waals surface area contributed by atoms with Gasteiger partial charge >= 0.3 is 0 Å². The molecule has 2 heterocycles. The van der Waals surface area contributed by atoms with Crippen molar-refractivity contribution >= 4 is 23.6 Å². The fraction of sp³-hybridized carbons (Fsp3) is 0.474. The molecule has 156 valence electrons. The van der Waals surface area contributed by atoms with Crippen molar-refractivity contribution in [2.24, 2.45) is 5.73 Å². The molecule has 2 aliphatic rings. The maximum Gasteiger partial charge on any atom is 0.265 e. The minimum Gasteiger partial charge on any atom is -0.483 e. The topological polar surface area (TPSA) is 151 Å². The molecule has 10 heteroatoms. The number of hydrogen-bond acceptors (Lipinski definition) is 7. The van der Waals surface area contributed by atoms with Crippen molar-refractivity contribution in [3.05, 3.63) is 29.3 Å². The maximum absolute atomic E-state index is 12.9. The number of benzene rings is 1. The molecule has 3 rings (SSSR count). The smallest absolute Gasteiger partial charge is 0.265 e. The van der Waals surface area contributed by atoms with Crippen LogP contribution < -0.4 is 21.1 Å². The molecule has 0 saturated carbocycles. The normalized spacial score (nSPS) is 21.0. The van der Waals surface area contributed by atoms with Crippen LogP contribution in [-0.2, 0) is 9.59 Å². The van der Waals surface area contributed by atoms with Gasteiger partial charge in [-0.3, -0.25) is 24.1 Å². The molecule has 2 unspecified atom stereocenters. The molecule has 4 amide bonds. The number of carbonyl (C=O) groups is 4. The number of unbranched alkanes of at least 4 members (excludes halogenated alkanes) is 1. The number of nitrogens with one attached hydrogen (secondary N) is 2. The predicted octanol–water partition coefficient (Wildman–Crippen LogP) is -0.886. The van der Waals surface area contributed by atoms with Crippen LogP contribution in [0.2, 0.25) is 0 Å². The second-order valence-electron chi connectivity index (χ2n) is 6.91. The number of carbonyl (C=O) groups excluding carboxylic acids is 4. The Balaban J connectivity index is 1.70. The standard InChI is InChI=1S/C19H24N4O6/c20-8-1-2-9-21-15(25)10-29-13-5-3-4-11-16(13)19(28)23(18(11)27)12-6-7-14(24)22-17(12)26/h3-5,12,17,26H,1-2,6-10,20H2,(H,21,25)(H,22,24). The van der Waals surface area contributed by atoms with E-state index in [-0.39, 0.29) is 48.1 Å². The molecule has 1 fully saturated rings. The third kappa shape index (κ3) is 4.38. The number of aliphatic hydroxyl groups excluding tert-OH is 1. The highest BCUT2D eigenvalue weighted by atomic mass is 16.5. The SMILES string of the molecule is NCCCCNC(=O)COc1cccc2c1C(=O)N(C1CCC(=O)NC1O)C2=O. The summed E-state index contributed by atoms with van der Waals surface area (Å²) < 4.78 is 5.50. The maximum atomic E-state index is 12.9. The van der Waals surface area contributed by atoms with Gasteiger partial charge < -0.3 is 26.2 Å². The van der Waals surface area contributed by atoms with Gasteiger partial charge in [0.05, 0.1) is 17.2 Å². The Morgan fingerprint density at radius 2 is 2.07 bits per heavy atom. The van der Waals surface area contributed by atoms with Crippen LogP contribution in [0, 0.1) is 0 Å². The van der Waals surface area contributed by atoms with Crippen LogP contribution in [0.1, 0.15) is 46.4 Å². The lowest BCUT2D eigenvalue weighted by Gasteiger charge is -2.33. The minimum absolute atomic E-state index is 0.0533. The number of aliphatic hydroxyl groups is 1. The summed E-state index contributed by atoms with van der Waals surface area (Å²) in [4.78, 5) is 50.0. The molecule has 29 heavy (non-hydrogen) atoms. The lowest BCUT2D eigenvalue weighted by atomic mass is 10.0. The number of hydrogen-bond donors (Lipinski definition) is 4. The van der Waals surface area contributed by atoms with Crippen LogP contribution in [0.5, 0.6) is 5.75 Å². The van der Waals surface area contributed by atoms with Crippen molar-refractivity contribution in [1.29, 1.82) is 0 Å². The molecule has 1 aromatic rings. The van der Waals surface area contributed by atoms with Gasteiger partial charge in [-0.2, -0.15) is 0 Å². The average Bonchev–Trinajstić information content (AvgIpc) is 2.95. The lowest BCUT2D eigenvalue weighted by Crippen LogP contribution is -2.57. The molecular weight excluding hydrogens is 380 g/mol. The van der Waals surface area contributed by atoms with Gasteiger partial charge in [-0.05, 0) is 37.9 Å². The molecule has 5 N–H and O–H groups in total. The zero-order chi connectivity index (χ0) is 21.0. The zero-order valence-electron chi connectivity index (χ0n) is 15.8. The predicted molar refractivity (Wildman–Crippen MR) is 101 cm³/mol. The molecule has 2 atom stereocenters. The first-order chi connectivity index (χ1) is 13.9. The summed E-state index contributed by atoms with van der Waals surface area (Å²) in [7, 11) is 0. The molecule has 10 nitrogen and oxygen atoms in total. The number of fused-ring (bicyclic) bond motifs is 1. The fourth-order valence-electron chi connectivity index (χ4n) is 3.43. The van der Waals surface area contributed by atoms with E-state index in [0.29, 0.717) is 13.1 Å². The van der Waals surface area contributed by atoms with Crippen molar-refractivity contribution < 1.29 is 29.0 Å². The van der Waals surface area contributed by atoms with Crippen LogP contribution in [0.25, 0.3) is 0 Å². The number of ether oxygens (including phenoxy) is 1. The van der Waals surface area contributed by atoms with Gasteiger partial charge in [0.25, 0.3) is 17.7 Å². The summed E-state index contributed by atoms with van der Waals surface area (Å²) in [6.45, 7) is 0.722. The van der Waals surface area contributed by atoms with E-state index in [2.05, 4.69) is 10.6 Å². The van der Waals surface area contributed by atoms with Crippen LogP contribution in [0.15, 0.2) is 18.2 Å². The average molecular weight is 404 g/mol. The number of nitrogens with zero attached hydrogens (tertiary/aromatic N) is 1. The van der Waals surface area contributed by atoms with Crippen LogP contribution in [-0.4, -0.2) is 65.6 Å². The molecule has 2 aliphatic heterocycles. The van der Waals surface area contributed by atoms with Crippen LogP contribution in [0.3, 0.4) is 0 Å². The molecule has 1 aromatic carbocycles. The summed E-state index contributed by atoms with van der Waals surface area (Å²) in [6.07, 6.45) is 0.489. The summed E-state index contributed by atoms with van der Waals surface area (Å²) in [5.41, 5.74) is 5.59. The van der Waals surface area contributed by atoms with Gasteiger partial charge in [0.15, 0.2) is 6.61 Å². The van der Waals surface area contributed by atoms with E-state index in [1.54, 1.807) is 6.07 Å². The van der Waals surface area contributed by atoms with Crippen LogP contribution >= 0.6 is 0 Å². The van der Waals surface area contributed by atoms with Gasteiger partial charge in [-0.15, -0.1) is 0 Å². The highest BCUT2D eigenvalue weighted by Crippen LogP contribution is 2.34. The quantitative estimate of drug-likeness (QED) is 0.324. The Kier molecular flexibility index (Phi) is 6.45. The summed E-state index contributed by atoms with van der Waals surface area (Å²) in [5, 5.41) is 15.1. The molecule has 0 aliphatic carbocycles. The van der Waals surface area contributed by atoms with E-state index < -0.39 is 24.1 Å². The minimum atomic E-state index is -1.33. The Hall–Kier alpha value is -2.98. The van der Waals surface area contributed by atoms with E-state index in [1.165, 1.54) is 12.1 Å². The van der Waals surface area contributed by atoms with Gasteiger partial charge in [0, 0.05) is 13.0 Å². The third-order valence-corrected chi connectivity index (χ3v) is 4.89. The second-order valence-corrected chi connectivity index (χ2v) is 6.91. The Morgan fingerprint density at radius 3 is 2.79 bits per heavy atom. The summed E-state index contributed by atoms with van der Waals surface area (Å²) in [6, 6.07) is 3.69. The van der Waals surface area contributed by atoms with Crippen molar-refractivity contribution in [2.75, 3.05) is 19.7 Å². The summed E-state index contributed by atoms with van der Waals surface area (Å²) >= 11 is 0. The third-order valence-electron chi connectivity index (χ3n) is 4.89. The van der Waals surface area contributed by atoms with E-state index in [9.17, 15) is 24.3 Å². The van der Waals surface area contributed by atoms with Gasteiger partial charge in [0.2, 0.25) is 5.91 Å². The molecular formula is C19H24N4O6. The molecule has 0 aromatic heterocycles. The van der Waals surface area contributed by atoms with Gasteiger partial charge in [-0.25, -0.2) is 0 Å². The number of amides is 4.